The predicted octanol–water partition coefficient (Wildman–Crippen LogP) is 5.00. The second kappa shape index (κ2) is 5.41. The molecule has 0 radical (unpaired) electrons. The van der Waals surface area contributed by atoms with Crippen molar-refractivity contribution in [3.05, 3.63) is 34.2 Å². The maximum Gasteiger partial charge on any atom is 0.0389 e. The van der Waals surface area contributed by atoms with Gasteiger partial charge in [-0.1, -0.05) is 26.8 Å². The molecule has 1 atom stereocenters. The monoisotopic (exact) mass is 261 g/mol. The maximum atomic E-state index is 3.51. The minimum absolute atomic E-state index is 0.454. The van der Waals surface area contributed by atoms with Gasteiger partial charge in [-0.3, -0.25) is 0 Å². The molecular formula is C16H23NS. The lowest BCUT2D eigenvalue weighted by Crippen LogP contribution is -2.17. The zero-order valence-electron chi connectivity index (χ0n) is 12.0. The van der Waals surface area contributed by atoms with Crippen molar-refractivity contribution in [1.29, 1.82) is 0 Å². The van der Waals surface area contributed by atoms with Gasteiger partial charge in [-0.15, -0.1) is 11.3 Å². The molecule has 18 heavy (non-hydrogen) atoms. The molecule has 1 N–H and O–H groups in total. The first-order chi connectivity index (χ1) is 8.54. The average molecular weight is 261 g/mol. The van der Waals surface area contributed by atoms with Crippen molar-refractivity contribution in [3.63, 3.8) is 0 Å². The van der Waals surface area contributed by atoms with Crippen molar-refractivity contribution in [3.8, 4) is 0 Å². The first-order valence-corrected chi connectivity index (χ1v) is 7.62. The third-order valence-corrected chi connectivity index (χ3v) is 5.02. The summed E-state index contributed by atoms with van der Waals surface area (Å²) < 4.78 is 1.41. The number of fused-ring (bicyclic) bond motifs is 1. The van der Waals surface area contributed by atoms with Crippen LogP contribution in [0.1, 0.15) is 55.7 Å². The molecule has 0 fully saturated rings. The number of hydrogen-bond acceptors (Lipinski definition) is 2. The SMILES string of the molecule is CCNC(C)c1sc2ccc(C(C)C)cc2c1C. The standard InChI is InChI=1S/C16H23NS/c1-6-17-12(5)16-11(4)14-9-13(10(2)3)7-8-15(14)18-16/h7-10,12,17H,6H2,1-5H3. The van der Waals surface area contributed by atoms with E-state index >= 15 is 0 Å². The lowest BCUT2D eigenvalue weighted by atomic mass is 10.00. The summed E-state index contributed by atoms with van der Waals surface area (Å²) in [5, 5.41) is 4.95. The summed E-state index contributed by atoms with van der Waals surface area (Å²) in [4.78, 5) is 1.48. The van der Waals surface area contributed by atoms with Gasteiger partial charge in [-0.05, 0) is 55.0 Å². The second-order valence-electron chi connectivity index (χ2n) is 5.28. The Morgan fingerprint density at radius 3 is 2.56 bits per heavy atom. The molecule has 1 aromatic heterocycles. The van der Waals surface area contributed by atoms with Crippen molar-refractivity contribution < 1.29 is 0 Å². The van der Waals surface area contributed by atoms with E-state index in [2.05, 4.69) is 58.1 Å². The molecule has 0 bridgehead atoms. The van der Waals surface area contributed by atoms with Crippen LogP contribution in [0.25, 0.3) is 10.1 Å². The van der Waals surface area contributed by atoms with Gasteiger partial charge in [0.2, 0.25) is 0 Å². The highest BCUT2D eigenvalue weighted by molar-refractivity contribution is 7.19. The summed E-state index contributed by atoms with van der Waals surface area (Å²) in [6, 6.07) is 7.37. The molecule has 2 rings (SSSR count). The van der Waals surface area contributed by atoms with Gasteiger partial charge in [0.15, 0.2) is 0 Å². The van der Waals surface area contributed by atoms with Crippen LogP contribution in [0.5, 0.6) is 0 Å². The third-order valence-electron chi connectivity index (χ3n) is 3.57. The van der Waals surface area contributed by atoms with E-state index in [0.29, 0.717) is 12.0 Å². The van der Waals surface area contributed by atoms with Crippen molar-refractivity contribution >= 4 is 21.4 Å². The van der Waals surface area contributed by atoms with E-state index in [0.717, 1.165) is 6.54 Å². The summed E-state index contributed by atoms with van der Waals surface area (Å²) in [5.41, 5.74) is 2.89. The number of thiophene rings is 1. The Morgan fingerprint density at radius 1 is 1.22 bits per heavy atom. The number of nitrogens with one attached hydrogen (secondary N) is 1. The van der Waals surface area contributed by atoms with E-state index in [4.69, 9.17) is 0 Å². The van der Waals surface area contributed by atoms with Gasteiger partial charge in [-0.2, -0.15) is 0 Å². The minimum atomic E-state index is 0.454. The van der Waals surface area contributed by atoms with Gasteiger partial charge in [0.05, 0.1) is 0 Å². The molecule has 0 aliphatic heterocycles. The predicted molar refractivity (Wildman–Crippen MR) is 82.7 cm³/mol. The fourth-order valence-corrected chi connectivity index (χ4v) is 3.65. The highest BCUT2D eigenvalue weighted by atomic mass is 32.1. The molecule has 1 aromatic carbocycles. The van der Waals surface area contributed by atoms with Gasteiger partial charge in [0.1, 0.15) is 0 Å². The molecule has 1 unspecified atom stereocenters. The Balaban J connectivity index is 2.49. The zero-order chi connectivity index (χ0) is 13.3. The quantitative estimate of drug-likeness (QED) is 0.816. The van der Waals surface area contributed by atoms with E-state index in [-0.39, 0.29) is 0 Å². The lowest BCUT2D eigenvalue weighted by Gasteiger charge is -2.11. The first kappa shape index (κ1) is 13.6. The van der Waals surface area contributed by atoms with E-state index in [1.165, 1.54) is 26.1 Å². The van der Waals surface area contributed by atoms with Crippen molar-refractivity contribution in [2.24, 2.45) is 0 Å². The van der Waals surface area contributed by atoms with Crippen molar-refractivity contribution in [1.82, 2.24) is 5.32 Å². The molecule has 2 heteroatoms. The molecule has 0 aliphatic rings. The van der Waals surface area contributed by atoms with Gasteiger partial charge < -0.3 is 5.32 Å². The fraction of sp³-hybridized carbons (Fsp3) is 0.500. The van der Waals surface area contributed by atoms with Crippen molar-refractivity contribution in [2.75, 3.05) is 6.54 Å². The number of benzene rings is 1. The van der Waals surface area contributed by atoms with Gasteiger partial charge in [0, 0.05) is 15.6 Å². The second-order valence-corrected chi connectivity index (χ2v) is 6.36. The summed E-state index contributed by atoms with van der Waals surface area (Å²) >= 11 is 1.93. The van der Waals surface area contributed by atoms with Crippen LogP contribution in [-0.2, 0) is 0 Å². The molecule has 98 valence electrons. The van der Waals surface area contributed by atoms with Gasteiger partial charge in [0.25, 0.3) is 0 Å². The Bertz CT molecular complexity index is 539. The van der Waals surface area contributed by atoms with E-state index in [9.17, 15) is 0 Å². The van der Waals surface area contributed by atoms with Crippen LogP contribution < -0.4 is 5.32 Å². The highest BCUT2D eigenvalue weighted by Crippen LogP contribution is 2.36. The Labute approximate surface area is 114 Å². The molecule has 0 amide bonds. The Morgan fingerprint density at radius 2 is 1.94 bits per heavy atom. The first-order valence-electron chi connectivity index (χ1n) is 6.81. The summed E-state index contributed by atoms with van der Waals surface area (Å²) in [6.07, 6.45) is 0. The normalized spacial score (nSPS) is 13.4. The average Bonchev–Trinajstić information content (AvgIpc) is 2.67. The zero-order valence-corrected chi connectivity index (χ0v) is 12.8. The van der Waals surface area contributed by atoms with Crippen LogP contribution in [0, 0.1) is 6.92 Å². The largest absolute Gasteiger partial charge is 0.310 e. The minimum Gasteiger partial charge on any atom is -0.310 e. The van der Waals surface area contributed by atoms with E-state index in [1.54, 1.807) is 0 Å². The Hall–Kier alpha value is -0.860. The number of rotatable bonds is 4. The molecule has 0 saturated heterocycles. The van der Waals surface area contributed by atoms with Gasteiger partial charge >= 0.3 is 0 Å². The Kier molecular flexibility index (Phi) is 4.08. The van der Waals surface area contributed by atoms with Crippen molar-refractivity contribution in [2.45, 2.75) is 46.6 Å². The molecule has 0 spiro atoms. The van der Waals surface area contributed by atoms with Crippen LogP contribution in [0.3, 0.4) is 0 Å². The topological polar surface area (TPSA) is 12.0 Å². The molecular weight excluding hydrogens is 238 g/mol. The summed E-state index contributed by atoms with van der Waals surface area (Å²) in [6.45, 7) is 12.2. The molecule has 1 heterocycles. The third kappa shape index (κ3) is 2.45. The fourth-order valence-electron chi connectivity index (χ4n) is 2.43. The van der Waals surface area contributed by atoms with Crippen LogP contribution in [0.2, 0.25) is 0 Å². The van der Waals surface area contributed by atoms with Crippen LogP contribution in [0.4, 0.5) is 0 Å². The number of hydrogen-bond donors (Lipinski definition) is 1. The summed E-state index contributed by atoms with van der Waals surface area (Å²) in [5.74, 6) is 0.600. The lowest BCUT2D eigenvalue weighted by molar-refractivity contribution is 0.605. The molecule has 1 nitrogen and oxygen atoms in total. The molecule has 0 saturated carbocycles. The summed E-state index contributed by atoms with van der Waals surface area (Å²) in [7, 11) is 0. The van der Waals surface area contributed by atoms with E-state index < -0.39 is 0 Å². The number of aryl methyl sites for hydroxylation is 1. The maximum absolute atomic E-state index is 3.51. The van der Waals surface area contributed by atoms with Crippen LogP contribution >= 0.6 is 11.3 Å². The van der Waals surface area contributed by atoms with Crippen LogP contribution in [0.15, 0.2) is 18.2 Å². The molecule has 2 aromatic rings. The smallest absolute Gasteiger partial charge is 0.0389 e. The highest BCUT2D eigenvalue weighted by Gasteiger charge is 2.14. The van der Waals surface area contributed by atoms with Gasteiger partial charge in [-0.25, -0.2) is 0 Å². The van der Waals surface area contributed by atoms with Crippen LogP contribution in [-0.4, -0.2) is 6.54 Å². The molecule has 0 aliphatic carbocycles. The van der Waals surface area contributed by atoms with E-state index in [1.807, 2.05) is 11.3 Å².